The summed E-state index contributed by atoms with van der Waals surface area (Å²) in [5.41, 5.74) is 3.14. The summed E-state index contributed by atoms with van der Waals surface area (Å²) >= 11 is 0. The van der Waals surface area contributed by atoms with Crippen LogP contribution in [-0.2, 0) is 6.54 Å². The lowest BCUT2D eigenvalue weighted by atomic mass is 10.0. The van der Waals surface area contributed by atoms with Crippen molar-refractivity contribution in [1.82, 2.24) is 30.6 Å². The SMILES string of the molecule is O=C(NCCC1CCCC1)c1cc(Nc2cc(C3CC3)[nH]n2)nc(NCc2cc(-c3ccccc3)no2)n1. The fourth-order valence-electron chi connectivity index (χ4n) is 4.93. The van der Waals surface area contributed by atoms with E-state index >= 15 is 0 Å². The van der Waals surface area contributed by atoms with E-state index in [1.165, 1.54) is 38.5 Å². The summed E-state index contributed by atoms with van der Waals surface area (Å²) in [4.78, 5) is 22.1. The monoisotopic (exact) mass is 512 g/mol. The van der Waals surface area contributed by atoms with E-state index in [-0.39, 0.29) is 11.6 Å². The third-order valence-electron chi connectivity index (χ3n) is 7.19. The van der Waals surface area contributed by atoms with Crippen molar-refractivity contribution in [3.8, 4) is 11.3 Å². The smallest absolute Gasteiger partial charge is 0.270 e. The minimum absolute atomic E-state index is 0.219. The Hall–Kier alpha value is -4.21. The maximum atomic E-state index is 13.0. The molecule has 1 aromatic carbocycles. The maximum Gasteiger partial charge on any atom is 0.270 e. The largest absolute Gasteiger partial charge is 0.359 e. The molecule has 0 radical (unpaired) electrons. The third kappa shape index (κ3) is 6.01. The average Bonchev–Trinajstić information content (AvgIpc) is 3.30. The number of H-pyrrole nitrogens is 1. The number of carbonyl (C=O) groups is 1. The highest BCUT2D eigenvalue weighted by atomic mass is 16.5. The molecule has 4 aromatic rings. The molecule has 3 aromatic heterocycles. The van der Waals surface area contributed by atoms with Crippen molar-refractivity contribution in [2.75, 3.05) is 17.2 Å². The number of rotatable bonds is 11. The van der Waals surface area contributed by atoms with Gasteiger partial charge in [-0.3, -0.25) is 9.89 Å². The van der Waals surface area contributed by atoms with Crippen LogP contribution in [0.5, 0.6) is 0 Å². The number of amides is 1. The number of carbonyl (C=O) groups excluding carboxylic acids is 1. The number of aromatic amines is 1. The fourth-order valence-corrected chi connectivity index (χ4v) is 4.93. The second-order valence-corrected chi connectivity index (χ2v) is 10.2. The van der Waals surface area contributed by atoms with Gasteiger partial charge in [-0.15, -0.1) is 0 Å². The number of anilines is 3. The molecule has 196 valence electrons. The molecule has 38 heavy (non-hydrogen) atoms. The van der Waals surface area contributed by atoms with Crippen LogP contribution in [0.2, 0.25) is 0 Å². The molecular formula is C28H32N8O2. The molecule has 1 amide bonds. The first-order chi connectivity index (χ1) is 18.7. The number of hydrogen-bond acceptors (Lipinski definition) is 8. The van der Waals surface area contributed by atoms with E-state index < -0.39 is 0 Å². The predicted octanol–water partition coefficient (Wildman–Crippen LogP) is 5.40. The van der Waals surface area contributed by atoms with E-state index in [1.54, 1.807) is 6.07 Å². The average molecular weight is 513 g/mol. The first-order valence-electron chi connectivity index (χ1n) is 13.4. The van der Waals surface area contributed by atoms with Crippen LogP contribution >= 0.6 is 0 Å². The van der Waals surface area contributed by atoms with Gasteiger partial charge in [-0.2, -0.15) is 10.1 Å². The van der Waals surface area contributed by atoms with Crippen molar-refractivity contribution in [1.29, 1.82) is 0 Å². The van der Waals surface area contributed by atoms with Crippen LogP contribution in [0.1, 0.15) is 72.8 Å². The van der Waals surface area contributed by atoms with Crippen molar-refractivity contribution < 1.29 is 9.32 Å². The molecule has 0 aliphatic heterocycles. The molecular weight excluding hydrogens is 480 g/mol. The van der Waals surface area contributed by atoms with Gasteiger partial charge in [0.05, 0.1) is 6.54 Å². The van der Waals surface area contributed by atoms with Gasteiger partial charge in [0.1, 0.15) is 17.2 Å². The lowest BCUT2D eigenvalue weighted by Crippen LogP contribution is -2.27. The van der Waals surface area contributed by atoms with Gasteiger partial charge < -0.3 is 20.5 Å². The molecule has 2 fully saturated rings. The Morgan fingerprint density at radius 3 is 2.66 bits per heavy atom. The summed E-state index contributed by atoms with van der Waals surface area (Å²) in [5, 5.41) is 21.0. The molecule has 6 rings (SSSR count). The van der Waals surface area contributed by atoms with Gasteiger partial charge in [0.2, 0.25) is 5.95 Å². The molecule has 0 unspecified atom stereocenters. The zero-order valence-electron chi connectivity index (χ0n) is 21.2. The zero-order valence-corrected chi connectivity index (χ0v) is 21.2. The molecule has 2 aliphatic carbocycles. The molecule has 0 bridgehead atoms. The van der Waals surface area contributed by atoms with Gasteiger partial charge in [0.15, 0.2) is 11.6 Å². The molecule has 10 nitrogen and oxygen atoms in total. The molecule has 0 saturated heterocycles. The molecule has 0 atom stereocenters. The normalized spacial score (nSPS) is 15.5. The van der Waals surface area contributed by atoms with Crippen LogP contribution in [-0.4, -0.2) is 37.8 Å². The summed E-state index contributed by atoms with van der Waals surface area (Å²) in [6.07, 6.45) is 8.46. The molecule has 3 heterocycles. The highest BCUT2D eigenvalue weighted by Crippen LogP contribution is 2.39. The Kier molecular flexibility index (Phi) is 7.01. The van der Waals surface area contributed by atoms with Crippen LogP contribution < -0.4 is 16.0 Å². The standard InChI is InChI=1S/C28H32N8O2/c37-27(29-13-12-18-6-4-5-7-18)24-16-25(32-26-15-22(34-35-26)20-10-11-20)33-28(31-24)30-17-21-14-23(36-38-21)19-8-2-1-3-9-19/h1-3,8-9,14-16,18,20H,4-7,10-13,17H2,(H,29,37)(H3,30,31,32,33,34,35). The van der Waals surface area contributed by atoms with Crippen LogP contribution in [0.4, 0.5) is 17.6 Å². The lowest BCUT2D eigenvalue weighted by Gasteiger charge is -2.12. The first kappa shape index (κ1) is 24.1. The van der Waals surface area contributed by atoms with Gasteiger partial charge in [0.25, 0.3) is 5.91 Å². The molecule has 2 saturated carbocycles. The van der Waals surface area contributed by atoms with Crippen LogP contribution in [0, 0.1) is 5.92 Å². The van der Waals surface area contributed by atoms with Crippen molar-refractivity contribution in [3.63, 3.8) is 0 Å². The highest BCUT2D eigenvalue weighted by Gasteiger charge is 2.25. The number of nitrogens with zero attached hydrogens (tertiary/aromatic N) is 4. The van der Waals surface area contributed by atoms with Gasteiger partial charge in [-0.05, 0) is 25.2 Å². The second-order valence-electron chi connectivity index (χ2n) is 10.2. The van der Waals surface area contributed by atoms with Gasteiger partial charge in [0, 0.05) is 41.9 Å². The lowest BCUT2D eigenvalue weighted by molar-refractivity contribution is 0.0946. The van der Waals surface area contributed by atoms with Crippen LogP contribution in [0.3, 0.4) is 0 Å². The topological polar surface area (TPSA) is 134 Å². The number of nitrogens with one attached hydrogen (secondary N) is 4. The molecule has 4 N–H and O–H groups in total. The van der Waals surface area contributed by atoms with Crippen molar-refractivity contribution >= 4 is 23.5 Å². The summed E-state index contributed by atoms with van der Waals surface area (Å²) in [6.45, 7) is 0.962. The molecule has 0 spiro atoms. The maximum absolute atomic E-state index is 13.0. The number of hydrogen-bond donors (Lipinski definition) is 4. The molecule has 10 heteroatoms. The van der Waals surface area contributed by atoms with E-state index in [1.807, 2.05) is 42.5 Å². The third-order valence-corrected chi connectivity index (χ3v) is 7.19. The quantitative estimate of drug-likeness (QED) is 0.210. The Morgan fingerprint density at radius 2 is 1.84 bits per heavy atom. The highest BCUT2D eigenvalue weighted by molar-refractivity contribution is 5.93. The van der Waals surface area contributed by atoms with Crippen molar-refractivity contribution in [2.45, 2.75) is 57.4 Å². The number of aromatic nitrogens is 5. The van der Waals surface area contributed by atoms with Crippen molar-refractivity contribution in [2.24, 2.45) is 5.92 Å². The summed E-state index contributed by atoms with van der Waals surface area (Å²) in [7, 11) is 0. The predicted molar refractivity (Wildman–Crippen MR) is 144 cm³/mol. The van der Waals surface area contributed by atoms with Gasteiger partial charge >= 0.3 is 0 Å². The zero-order chi connectivity index (χ0) is 25.7. The Balaban J connectivity index is 1.16. The Bertz CT molecular complexity index is 1370. The van der Waals surface area contributed by atoms with Gasteiger partial charge in [-0.25, -0.2) is 4.98 Å². The summed E-state index contributed by atoms with van der Waals surface area (Å²) in [5.74, 6) is 3.14. The van der Waals surface area contributed by atoms with Crippen molar-refractivity contribution in [3.05, 3.63) is 65.7 Å². The second kappa shape index (κ2) is 11.0. The van der Waals surface area contributed by atoms with E-state index in [0.717, 1.165) is 23.4 Å². The van der Waals surface area contributed by atoms with Crippen LogP contribution in [0.15, 0.2) is 53.1 Å². The minimum atomic E-state index is -0.219. The summed E-state index contributed by atoms with van der Waals surface area (Å²) in [6, 6.07) is 15.4. The number of benzene rings is 1. The van der Waals surface area contributed by atoms with Gasteiger partial charge in [-0.1, -0.05) is 61.2 Å². The Morgan fingerprint density at radius 1 is 1.00 bits per heavy atom. The van der Waals surface area contributed by atoms with E-state index in [9.17, 15) is 4.79 Å². The summed E-state index contributed by atoms with van der Waals surface area (Å²) < 4.78 is 5.50. The van der Waals surface area contributed by atoms with E-state index in [2.05, 4.69) is 41.3 Å². The van der Waals surface area contributed by atoms with Crippen LogP contribution in [0.25, 0.3) is 11.3 Å². The van der Waals surface area contributed by atoms with E-state index in [0.29, 0.717) is 48.3 Å². The fraction of sp³-hybridized carbons (Fsp3) is 0.393. The Labute approximate surface area is 221 Å². The molecule has 2 aliphatic rings. The minimum Gasteiger partial charge on any atom is -0.359 e. The van der Waals surface area contributed by atoms with E-state index in [4.69, 9.17) is 4.52 Å². The first-order valence-corrected chi connectivity index (χ1v) is 13.4.